The predicted molar refractivity (Wildman–Crippen MR) is 149 cm³/mol. The number of thiazole rings is 1. The summed E-state index contributed by atoms with van der Waals surface area (Å²) in [5.74, 6) is -0.243. The molecule has 1 atom stereocenters. The molecule has 1 amide bonds. The van der Waals surface area contributed by atoms with E-state index < -0.39 is 17.7 Å². The van der Waals surface area contributed by atoms with Crippen LogP contribution in [-0.4, -0.2) is 41.6 Å². The molecular formula is C30H24N2O6S. The number of aromatic nitrogens is 1. The number of hydrogen-bond acceptors (Lipinski definition) is 8. The molecule has 196 valence electrons. The van der Waals surface area contributed by atoms with Crippen LogP contribution in [0.2, 0.25) is 0 Å². The molecule has 2 aliphatic rings. The van der Waals surface area contributed by atoms with Crippen LogP contribution in [0, 0.1) is 6.92 Å². The summed E-state index contributed by atoms with van der Waals surface area (Å²) in [5, 5.41) is 11.9. The molecular weight excluding hydrogens is 516 g/mol. The van der Waals surface area contributed by atoms with Crippen molar-refractivity contribution in [3.05, 3.63) is 95.6 Å². The zero-order valence-electron chi connectivity index (χ0n) is 21.0. The summed E-state index contributed by atoms with van der Waals surface area (Å²) in [6, 6.07) is 16.9. The summed E-state index contributed by atoms with van der Waals surface area (Å²) in [7, 11) is 0. The third-order valence-electron chi connectivity index (χ3n) is 6.56. The predicted octanol–water partition coefficient (Wildman–Crippen LogP) is 5.57. The summed E-state index contributed by atoms with van der Waals surface area (Å²) in [5.41, 5.74) is 2.71. The minimum absolute atomic E-state index is 0.0353. The molecule has 1 saturated heterocycles. The smallest absolute Gasteiger partial charge is 0.301 e. The van der Waals surface area contributed by atoms with E-state index in [4.69, 9.17) is 14.2 Å². The zero-order chi connectivity index (χ0) is 27.1. The molecule has 0 saturated carbocycles. The largest absolute Gasteiger partial charge is 0.507 e. The van der Waals surface area contributed by atoms with Gasteiger partial charge >= 0.3 is 5.91 Å². The molecule has 0 spiro atoms. The van der Waals surface area contributed by atoms with E-state index in [9.17, 15) is 14.7 Å². The number of amides is 1. The van der Waals surface area contributed by atoms with Crippen molar-refractivity contribution in [2.24, 2.45) is 0 Å². The quantitative estimate of drug-likeness (QED) is 0.148. The second kappa shape index (κ2) is 9.92. The van der Waals surface area contributed by atoms with Crippen LogP contribution in [-0.2, 0) is 9.59 Å². The van der Waals surface area contributed by atoms with E-state index in [1.165, 1.54) is 16.2 Å². The lowest BCUT2D eigenvalue weighted by Gasteiger charge is -2.23. The molecule has 3 aromatic carbocycles. The maximum atomic E-state index is 13.5. The molecule has 2 aliphatic heterocycles. The number of rotatable bonds is 6. The maximum absolute atomic E-state index is 13.5. The second-order valence-corrected chi connectivity index (χ2v) is 10.2. The van der Waals surface area contributed by atoms with Crippen molar-refractivity contribution in [2.45, 2.75) is 13.0 Å². The van der Waals surface area contributed by atoms with Crippen molar-refractivity contribution in [2.75, 3.05) is 24.7 Å². The number of carbonyl (C=O) groups excluding carboxylic acids is 2. The molecule has 6 rings (SSSR count). The first-order valence-corrected chi connectivity index (χ1v) is 13.2. The van der Waals surface area contributed by atoms with Gasteiger partial charge in [0.2, 0.25) is 0 Å². The topological polar surface area (TPSA) is 98.2 Å². The fourth-order valence-corrected chi connectivity index (χ4v) is 5.81. The maximum Gasteiger partial charge on any atom is 0.301 e. The van der Waals surface area contributed by atoms with Crippen molar-refractivity contribution in [1.82, 2.24) is 4.98 Å². The third kappa shape index (κ3) is 4.40. The average Bonchev–Trinajstić information content (AvgIpc) is 3.48. The van der Waals surface area contributed by atoms with Crippen LogP contribution in [0.4, 0.5) is 5.13 Å². The average molecular weight is 541 g/mol. The molecule has 1 fully saturated rings. The Labute approximate surface area is 228 Å². The highest BCUT2D eigenvalue weighted by Gasteiger charge is 2.48. The molecule has 1 N–H and O–H groups in total. The van der Waals surface area contributed by atoms with E-state index in [-0.39, 0.29) is 11.3 Å². The number of ether oxygens (including phenoxy) is 3. The third-order valence-corrected chi connectivity index (χ3v) is 7.58. The van der Waals surface area contributed by atoms with Gasteiger partial charge in [-0.25, -0.2) is 4.98 Å². The second-order valence-electron chi connectivity index (χ2n) is 9.16. The normalized spacial score (nSPS) is 18.0. The Morgan fingerprint density at radius 1 is 1.10 bits per heavy atom. The number of aliphatic hydroxyl groups excluding tert-OH is 1. The molecule has 1 aromatic heterocycles. The Kier molecular flexibility index (Phi) is 6.28. The minimum atomic E-state index is -0.909. The fraction of sp³-hybridized carbons (Fsp3) is 0.167. The molecule has 0 unspecified atom stereocenters. The van der Waals surface area contributed by atoms with E-state index in [0.717, 1.165) is 15.8 Å². The molecule has 0 radical (unpaired) electrons. The van der Waals surface area contributed by atoms with Crippen molar-refractivity contribution in [3.8, 4) is 17.2 Å². The van der Waals surface area contributed by atoms with Gasteiger partial charge in [-0.1, -0.05) is 42.2 Å². The first-order chi connectivity index (χ1) is 18.9. The standard InChI is InChI=1S/C30H24N2O6S/c1-3-12-36-20-8-5-18(6-9-20)26-25(27(33)19-7-11-22-23(16-19)38-14-13-37-22)28(34)29(35)32(26)30-31-21-10-4-17(2)15-24(21)39-30/h3-11,15-16,26,33H,1,12-14H2,2H3/b27-25+/t26-/m1/s1. The summed E-state index contributed by atoms with van der Waals surface area (Å²) >= 11 is 1.32. The van der Waals surface area contributed by atoms with Crippen LogP contribution in [0.5, 0.6) is 17.2 Å². The molecule has 0 aliphatic carbocycles. The Hall–Kier alpha value is -4.63. The van der Waals surface area contributed by atoms with Gasteiger partial charge in [-0.05, 0) is 60.5 Å². The number of aryl methyl sites for hydroxylation is 1. The number of anilines is 1. The highest BCUT2D eigenvalue weighted by Crippen LogP contribution is 2.45. The van der Waals surface area contributed by atoms with Gasteiger partial charge in [-0.3, -0.25) is 14.5 Å². The van der Waals surface area contributed by atoms with Crippen LogP contribution < -0.4 is 19.1 Å². The number of fused-ring (bicyclic) bond motifs is 2. The van der Waals surface area contributed by atoms with Gasteiger partial charge in [0.1, 0.15) is 31.3 Å². The minimum Gasteiger partial charge on any atom is -0.507 e. The first-order valence-electron chi connectivity index (χ1n) is 12.4. The van der Waals surface area contributed by atoms with Crippen LogP contribution in [0.1, 0.15) is 22.7 Å². The van der Waals surface area contributed by atoms with E-state index in [2.05, 4.69) is 11.6 Å². The van der Waals surface area contributed by atoms with Crippen LogP contribution in [0.3, 0.4) is 0 Å². The van der Waals surface area contributed by atoms with Crippen molar-refractivity contribution >= 4 is 44.1 Å². The van der Waals surface area contributed by atoms with E-state index >= 15 is 0 Å². The molecule has 8 nitrogen and oxygen atoms in total. The number of benzene rings is 3. The number of nitrogens with zero attached hydrogens (tertiary/aromatic N) is 2. The Balaban J connectivity index is 1.50. The van der Waals surface area contributed by atoms with Gasteiger partial charge in [-0.2, -0.15) is 0 Å². The Morgan fingerprint density at radius 2 is 1.87 bits per heavy atom. The lowest BCUT2D eigenvalue weighted by molar-refractivity contribution is -0.132. The van der Waals surface area contributed by atoms with Gasteiger partial charge in [0.15, 0.2) is 16.6 Å². The first kappa shape index (κ1) is 24.7. The summed E-state index contributed by atoms with van der Waals surface area (Å²) < 4.78 is 17.8. The summed E-state index contributed by atoms with van der Waals surface area (Å²) in [6.45, 7) is 6.78. The highest BCUT2D eigenvalue weighted by atomic mass is 32.1. The Morgan fingerprint density at radius 3 is 2.64 bits per heavy atom. The number of hydrogen-bond donors (Lipinski definition) is 1. The zero-order valence-corrected chi connectivity index (χ0v) is 21.9. The van der Waals surface area contributed by atoms with Crippen molar-refractivity contribution in [3.63, 3.8) is 0 Å². The van der Waals surface area contributed by atoms with Gasteiger partial charge in [0.05, 0.1) is 21.8 Å². The molecule has 39 heavy (non-hydrogen) atoms. The number of Topliss-reactive ketones (excluding diaryl/α,β-unsaturated/α-hetero) is 1. The number of carbonyl (C=O) groups is 2. The summed E-state index contributed by atoms with van der Waals surface area (Å²) in [6.07, 6.45) is 1.64. The van der Waals surface area contributed by atoms with Crippen LogP contribution >= 0.6 is 11.3 Å². The van der Waals surface area contributed by atoms with Gasteiger partial charge < -0.3 is 19.3 Å². The highest BCUT2D eigenvalue weighted by molar-refractivity contribution is 7.22. The SMILES string of the molecule is C=CCOc1ccc([C@@H]2/C(=C(\O)c3ccc4c(c3)OCCO4)C(=O)C(=O)N2c2nc3ccc(C)cc3s2)cc1. The van der Waals surface area contributed by atoms with Crippen molar-refractivity contribution in [1.29, 1.82) is 0 Å². The van der Waals surface area contributed by atoms with E-state index in [1.54, 1.807) is 48.5 Å². The van der Waals surface area contributed by atoms with Gasteiger partial charge in [0.25, 0.3) is 5.78 Å². The number of ketones is 1. The van der Waals surface area contributed by atoms with Crippen LogP contribution in [0.25, 0.3) is 16.0 Å². The molecule has 9 heteroatoms. The monoisotopic (exact) mass is 540 g/mol. The lowest BCUT2D eigenvalue weighted by Crippen LogP contribution is -2.29. The lowest BCUT2D eigenvalue weighted by atomic mass is 9.95. The van der Waals surface area contributed by atoms with Crippen molar-refractivity contribution < 1.29 is 28.9 Å². The molecule has 0 bridgehead atoms. The fourth-order valence-electron chi connectivity index (χ4n) is 4.72. The van der Waals surface area contributed by atoms with Crippen LogP contribution in [0.15, 0.2) is 78.9 Å². The Bertz CT molecular complexity index is 1660. The molecule has 4 aromatic rings. The van der Waals surface area contributed by atoms with Gasteiger partial charge in [0, 0.05) is 5.56 Å². The van der Waals surface area contributed by atoms with E-state index in [0.29, 0.717) is 53.3 Å². The number of aliphatic hydroxyl groups is 1. The van der Waals surface area contributed by atoms with Gasteiger partial charge in [-0.15, -0.1) is 0 Å². The van der Waals surface area contributed by atoms with E-state index in [1.807, 2.05) is 25.1 Å². The summed E-state index contributed by atoms with van der Waals surface area (Å²) in [4.78, 5) is 33.1. The molecule has 3 heterocycles.